The molecule has 1 unspecified atom stereocenters. The molecule has 1 aromatic rings. The van der Waals surface area contributed by atoms with E-state index in [0.29, 0.717) is 25.1 Å². The van der Waals surface area contributed by atoms with Crippen molar-refractivity contribution in [3.05, 3.63) is 23.5 Å². The summed E-state index contributed by atoms with van der Waals surface area (Å²) in [5.74, 6) is -0.844. The monoisotopic (exact) mass is 459 g/mol. The van der Waals surface area contributed by atoms with Crippen LogP contribution in [0.5, 0.6) is 5.75 Å². The van der Waals surface area contributed by atoms with E-state index in [1.165, 1.54) is 12.3 Å². The largest absolute Gasteiger partial charge is 0.481 e. The highest BCUT2D eigenvalue weighted by molar-refractivity contribution is 5.96. The van der Waals surface area contributed by atoms with E-state index in [1.54, 1.807) is 4.90 Å². The maximum Gasteiger partial charge on any atom is 0.425 e. The molecule has 1 aromatic heterocycles. The molecule has 2 atom stereocenters. The second-order valence-corrected chi connectivity index (χ2v) is 9.45. The van der Waals surface area contributed by atoms with Gasteiger partial charge >= 0.3 is 6.18 Å². The van der Waals surface area contributed by atoms with Crippen LogP contribution in [0.2, 0.25) is 0 Å². The molecular weight excluding hydrogens is 427 g/mol. The van der Waals surface area contributed by atoms with E-state index in [-0.39, 0.29) is 31.4 Å². The van der Waals surface area contributed by atoms with E-state index >= 15 is 0 Å². The number of nitrogens with zero attached hydrogens (tertiary/aromatic N) is 2. The molecule has 0 bridgehead atoms. The Morgan fingerprint density at radius 2 is 2.00 bits per heavy atom. The van der Waals surface area contributed by atoms with E-state index in [1.807, 2.05) is 20.8 Å². The zero-order valence-electron chi connectivity index (χ0n) is 18.8. The summed E-state index contributed by atoms with van der Waals surface area (Å²) in [6.07, 6.45) is -2.78. The SMILES string of the molecule is C[C@H](Oc1cc(C(=O)NC(C(=O)N2CCCOC2)C(C)(C)C)ncc1C1CC1)C(F)(F)F.[HH]. The van der Waals surface area contributed by atoms with Crippen LogP contribution in [0.1, 0.15) is 70.4 Å². The standard InChI is InChI=1S/C22H30F3N3O4.H2/c1-13(22(23,24)25)32-17-10-16(26-11-15(17)14-6-7-14)19(29)27-18(21(2,3)4)20(30)28-8-5-9-31-12-28;/h10-11,13-14,18H,5-9,12H2,1-4H3,(H,27,29);1H/t13-,18?;/m0./s1. The number of halogens is 3. The van der Waals surface area contributed by atoms with Crippen molar-refractivity contribution in [2.45, 2.75) is 71.2 Å². The average Bonchev–Trinajstić information content (AvgIpc) is 3.55. The predicted octanol–water partition coefficient (Wildman–Crippen LogP) is 3.89. The molecule has 2 fully saturated rings. The molecule has 1 aliphatic heterocycles. The number of pyridine rings is 1. The summed E-state index contributed by atoms with van der Waals surface area (Å²) >= 11 is 0. The lowest BCUT2D eigenvalue weighted by molar-refractivity contribution is -0.189. The first-order chi connectivity index (χ1) is 14.9. The van der Waals surface area contributed by atoms with E-state index in [2.05, 4.69) is 10.3 Å². The zero-order chi connectivity index (χ0) is 23.7. The molecule has 2 amide bonds. The van der Waals surface area contributed by atoms with Crippen molar-refractivity contribution in [2.75, 3.05) is 19.9 Å². The van der Waals surface area contributed by atoms with Crippen molar-refractivity contribution in [3.63, 3.8) is 0 Å². The van der Waals surface area contributed by atoms with Gasteiger partial charge in [0.2, 0.25) is 5.91 Å². The number of ether oxygens (including phenoxy) is 2. The number of rotatable bonds is 6. The predicted molar refractivity (Wildman–Crippen MR) is 112 cm³/mol. The number of nitrogens with one attached hydrogen (secondary N) is 1. The molecule has 1 saturated carbocycles. The highest BCUT2D eigenvalue weighted by atomic mass is 19.4. The smallest absolute Gasteiger partial charge is 0.425 e. The minimum atomic E-state index is -4.53. The molecule has 180 valence electrons. The third kappa shape index (κ3) is 5.90. The molecule has 32 heavy (non-hydrogen) atoms. The van der Waals surface area contributed by atoms with E-state index in [0.717, 1.165) is 19.8 Å². The summed E-state index contributed by atoms with van der Waals surface area (Å²) in [6.45, 7) is 7.65. The van der Waals surface area contributed by atoms with E-state index in [9.17, 15) is 22.8 Å². The summed E-state index contributed by atoms with van der Waals surface area (Å²) in [7, 11) is 0. The van der Waals surface area contributed by atoms with Crippen molar-refractivity contribution >= 4 is 11.8 Å². The molecule has 2 aliphatic rings. The van der Waals surface area contributed by atoms with Gasteiger partial charge in [0.1, 0.15) is 24.2 Å². The van der Waals surface area contributed by atoms with Gasteiger partial charge in [0.25, 0.3) is 5.91 Å². The Hall–Kier alpha value is -2.36. The first-order valence-corrected chi connectivity index (χ1v) is 10.8. The minimum Gasteiger partial charge on any atom is -0.481 e. The molecule has 2 heterocycles. The molecule has 1 N–H and O–H groups in total. The van der Waals surface area contributed by atoms with Crippen LogP contribution in [0.25, 0.3) is 0 Å². The van der Waals surface area contributed by atoms with Gasteiger partial charge in [-0.2, -0.15) is 13.2 Å². The van der Waals surface area contributed by atoms with Gasteiger partial charge in [-0.05, 0) is 37.5 Å². The van der Waals surface area contributed by atoms with Crippen LogP contribution in [0, 0.1) is 5.41 Å². The van der Waals surface area contributed by atoms with Crippen LogP contribution in [0.4, 0.5) is 13.2 Å². The maximum atomic E-state index is 13.0. The topological polar surface area (TPSA) is 80.8 Å². The number of hydrogen-bond donors (Lipinski definition) is 1. The first kappa shape index (κ1) is 24.3. The second-order valence-electron chi connectivity index (χ2n) is 9.45. The van der Waals surface area contributed by atoms with Crippen molar-refractivity contribution in [3.8, 4) is 5.75 Å². The molecule has 0 aromatic carbocycles. The molecule has 1 aliphatic carbocycles. The highest BCUT2D eigenvalue weighted by Gasteiger charge is 2.40. The lowest BCUT2D eigenvalue weighted by atomic mass is 9.85. The fourth-order valence-corrected chi connectivity index (χ4v) is 3.44. The Bertz CT molecular complexity index is 850. The number of hydrogen-bond acceptors (Lipinski definition) is 5. The lowest BCUT2D eigenvalue weighted by Gasteiger charge is -2.36. The van der Waals surface area contributed by atoms with Crippen LogP contribution in [-0.4, -0.2) is 59.9 Å². The summed E-state index contributed by atoms with van der Waals surface area (Å²) in [5, 5.41) is 2.72. The Morgan fingerprint density at radius 1 is 1.31 bits per heavy atom. The number of aromatic nitrogens is 1. The number of carbonyl (C=O) groups excluding carboxylic acids is 2. The third-order valence-corrected chi connectivity index (χ3v) is 5.57. The molecule has 10 heteroatoms. The van der Waals surface area contributed by atoms with Crippen LogP contribution in [-0.2, 0) is 9.53 Å². The van der Waals surface area contributed by atoms with Gasteiger partial charge < -0.3 is 19.7 Å². The van der Waals surface area contributed by atoms with Gasteiger partial charge in [0.15, 0.2) is 6.10 Å². The molecule has 3 rings (SSSR count). The lowest BCUT2D eigenvalue weighted by Crippen LogP contribution is -2.56. The van der Waals surface area contributed by atoms with Gasteiger partial charge in [-0.3, -0.25) is 14.6 Å². The fraction of sp³-hybridized carbons (Fsp3) is 0.682. The van der Waals surface area contributed by atoms with Crippen LogP contribution in [0.15, 0.2) is 12.3 Å². The Labute approximate surface area is 187 Å². The quantitative estimate of drug-likeness (QED) is 0.698. The highest BCUT2D eigenvalue weighted by Crippen LogP contribution is 2.44. The Balaban J connectivity index is 0.00000385. The number of carbonyl (C=O) groups is 2. The van der Waals surface area contributed by atoms with E-state index in [4.69, 9.17) is 9.47 Å². The van der Waals surface area contributed by atoms with Crippen LogP contribution in [0.3, 0.4) is 0 Å². The molecule has 7 nitrogen and oxygen atoms in total. The molecule has 1 saturated heterocycles. The van der Waals surface area contributed by atoms with Crippen molar-refractivity contribution in [1.82, 2.24) is 15.2 Å². The van der Waals surface area contributed by atoms with Gasteiger partial charge in [-0.25, -0.2) is 0 Å². The fourth-order valence-electron chi connectivity index (χ4n) is 3.44. The Kier molecular flexibility index (Phi) is 7.02. The maximum absolute atomic E-state index is 13.0. The van der Waals surface area contributed by atoms with Gasteiger partial charge in [-0.15, -0.1) is 0 Å². The third-order valence-electron chi connectivity index (χ3n) is 5.57. The summed E-state index contributed by atoms with van der Waals surface area (Å²) in [4.78, 5) is 31.7. The second kappa shape index (κ2) is 9.25. The summed E-state index contributed by atoms with van der Waals surface area (Å²) in [6, 6.07) is 0.375. The molecular formula is C22H32F3N3O4. The minimum absolute atomic E-state index is 0. The van der Waals surface area contributed by atoms with Crippen molar-refractivity contribution in [1.29, 1.82) is 0 Å². The van der Waals surface area contributed by atoms with Crippen LogP contribution >= 0.6 is 0 Å². The molecule has 0 spiro atoms. The summed E-state index contributed by atoms with van der Waals surface area (Å²) in [5.41, 5.74) is -0.148. The molecule has 0 radical (unpaired) electrons. The van der Waals surface area contributed by atoms with Gasteiger partial charge in [0, 0.05) is 25.8 Å². The first-order valence-electron chi connectivity index (χ1n) is 10.8. The van der Waals surface area contributed by atoms with Crippen molar-refractivity contribution in [2.24, 2.45) is 5.41 Å². The number of alkyl halides is 3. The van der Waals surface area contributed by atoms with Gasteiger partial charge in [-0.1, -0.05) is 20.8 Å². The Morgan fingerprint density at radius 3 is 2.53 bits per heavy atom. The van der Waals surface area contributed by atoms with Crippen LogP contribution < -0.4 is 10.1 Å². The van der Waals surface area contributed by atoms with E-state index < -0.39 is 29.6 Å². The zero-order valence-corrected chi connectivity index (χ0v) is 18.8. The average molecular weight is 460 g/mol. The van der Waals surface area contributed by atoms with Crippen molar-refractivity contribution < 1.29 is 33.7 Å². The number of amides is 2. The van der Waals surface area contributed by atoms with Gasteiger partial charge in [0.05, 0.1) is 6.61 Å². The summed E-state index contributed by atoms with van der Waals surface area (Å²) < 4.78 is 49.6. The normalized spacial score (nSPS) is 19.3.